The van der Waals surface area contributed by atoms with Gasteiger partial charge in [0.1, 0.15) is 6.33 Å². The summed E-state index contributed by atoms with van der Waals surface area (Å²) in [5.41, 5.74) is 3.22. The van der Waals surface area contributed by atoms with Gasteiger partial charge < -0.3 is 0 Å². The minimum Gasteiger partial charge on any atom is -0.291 e. The molecule has 0 spiro atoms. The fourth-order valence-corrected chi connectivity index (χ4v) is 2.16. The predicted octanol–water partition coefficient (Wildman–Crippen LogP) is 1.67. The van der Waals surface area contributed by atoms with Gasteiger partial charge in [0.05, 0.1) is 15.7 Å². The van der Waals surface area contributed by atoms with Gasteiger partial charge in [-0.05, 0) is 18.2 Å². The highest BCUT2D eigenvalue weighted by molar-refractivity contribution is 7.16. The summed E-state index contributed by atoms with van der Waals surface area (Å²) in [7, 11) is 0. The van der Waals surface area contributed by atoms with Crippen molar-refractivity contribution in [1.29, 1.82) is 0 Å². The Kier molecular flexibility index (Phi) is 2.30. The van der Waals surface area contributed by atoms with Crippen LogP contribution in [0.15, 0.2) is 30.0 Å². The Balaban J connectivity index is 1.90. The van der Waals surface area contributed by atoms with E-state index in [1.54, 1.807) is 17.6 Å². The third-order valence-corrected chi connectivity index (χ3v) is 3.03. The van der Waals surface area contributed by atoms with Crippen LogP contribution in [0.3, 0.4) is 0 Å². The summed E-state index contributed by atoms with van der Waals surface area (Å²) in [6, 6.07) is 5.35. The lowest BCUT2D eigenvalue weighted by Gasteiger charge is -2.00. The number of nitrogens with zero attached hydrogens (tertiary/aromatic N) is 3. The number of carbonyl (C=O) groups excluding carboxylic acids is 1. The molecular formula is C10H7N5OS. The average Bonchev–Trinajstić information content (AvgIpc) is 2.97. The van der Waals surface area contributed by atoms with Crippen molar-refractivity contribution in [3.63, 3.8) is 0 Å². The van der Waals surface area contributed by atoms with Crippen molar-refractivity contribution in [3.8, 4) is 0 Å². The number of anilines is 1. The second-order valence-electron chi connectivity index (χ2n) is 3.32. The lowest BCUT2D eigenvalue weighted by atomic mass is 10.2. The van der Waals surface area contributed by atoms with Crippen molar-refractivity contribution in [2.45, 2.75) is 0 Å². The molecule has 2 aromatic heterocycles. The third-order valence-electron chi connectivity index (χ3n) is 2.24. The molecule has 0 aliphatic carbocycles. The molecule has 0 aliphatic rings. The van der Waals surface area contributed by atoms with Crippen molar-refractivity contribution >= 4 is 33.4 Å². The van der Waals surface area contributed by atoms with Crippen LogP contribution in [0.1, 0.15) is 10.4 Å². The number of aromatic nitrogens is 4. The quantitative estimate of drug-likeness (QED) is 0.719. The summed E-state index contributed by atoms with van der Waals surface area (Å²) in [5, 5.41) is 8.83. The topological polar surface area (TPSA) is 83.6 Å². The molecule has 1 aromatic carbocycles. The van der Waals surface area contributed by atoms with Gasteiger partial charge in [0.15, 0.2) is 0 Å². The smallest absolute Gasteiger partial charge is 0.258 e. The van der Waals surface area contributed by atoms with E-state index in [1.807, 2.05) is 6.07 Å². The summed E-state index contributed by atoms with van der Waals surface area (Å²) in [5.74, 6) is 0.108. The maximum Gasteiger partial charge on any atom is 0.258 e. The van der Waals surface area contributed by atoms with E-state index in [0.717, 1.165) is 10.2 Å². The van der Waals surface area contributed by atoms with E-state index in [0.29, 0.717) is 11.5 Å². The Labute approximate surface area is 99.7 Å². The second kappa shape index (κ2) is 3.95. The minimum absolute atomic E-state index is 0.225. The zero-order valence-electron chi connectivity index (χ0n) is 8.54. The van der Waals surface area contributed by atoms with Crippen molar-refractivity contribution in [2.75, 3.05) is 5.32 Å². The maximum absolute atomic E-state index is 11.9. The van der Waals surface area contributed by atoms with Gasteiger partial charge in [0.2, 0.25) is 5.95 Å². The largest absolute Gasteiger partial charge is 0.291 e. The third kappa shape index (κ3) is 1.87. The normalized spacial score (nSPS) is 10.6. The fraction of sp³-hybridized carbons (Fsp3) is 0. The van der Waals surface area contributed by atoms with Gasteiger partial charge in [-0.3, -0.25) is 10.1 Å². The molecule has 6 nitrogen and oxygen atoms in total. The van der Waals surface area contributed by atoms with Crippen LogP contribution in [-0.2, 0) is 0 Å². The highest BCUT2D eigenvalue weighted by Gasteiger charge is 2.08. The monoisotopic (exact) mass is 245 g/mol. The molecule has 0 unspecified atom stereocenters. The number of rotatable bonds is 2. The van der Waals surface area contributed by atoms with Gasteiger partial charge in [-0.2, -0.15) is 10.1 Å². The lowest BCUT2D eigenvalue weighted by Crippen LogP contribution is -2.12. The van der Waals surface area contributed by atoms with Crippen LogP contribution in [-0.4, -0.2) is 26.1 Å². The number of hydrogen-bond donors (Lipinski definition) is 2. The number of thiazole rings is 1. The van der Waals surface area contributed by atoms with E-state index in [9.17, 15) is 4.79 Å². The van der Waals surface area contributed by atoms with E-state index in [4.69, 9.17) is 0 Å². The number of hydrogen-bond acceptors (Lipinski definition) is 5. The molecule has 2 N–H and O–H groups in total. The van der Waals surface area contributed by atoms with Crippen LogP contribution < -0.4 is 5.32 Å². The molecule has 3 rings (SSSR count). The summed E-state index contributed by atoms with van der Waals surface area (Å²) in [6.45, 7) is 0. The van der Waals surface area contributed by atoms with Crippen molar-refractivity contribution in [2.24, 2.45) is 0 Å². The molecule has 0 saturated carbocycles. The predicted molar refractivity (Wildman–Crippen MR) is 64.0 cm³/mol. The number of nitrogens with one attached hydrogen (secondary N) is 2. The van der Waals surface area contributed by atoms with Gasteiger partial charge in [-0.1, -0.05) is 0 Å². The first-order chi connectivity index (χ1) is 8.33. The lowest BCUT2D eigenvalue weighted by molar-refractivity contribution is 0.102. The molecule has 3 aromatic rings. The van der Waals surface area contributed by atoms with E-state index in [2.05, 4.69) is 25.5 Å². The highest BCUT2D eigenvalue weighted by atomic mass is 32.1. The summed E-state index contributed by atoms with van der Waals surface area (Å²) in [4.78, 5) is 19.8. The highest BCUT2D eigenvalue weighted by Crippen LogP contribution is 2.19. The van der Waals surface area contributed by atoms with Gasteiger partial charge in [-0.15, -0.1) is 11.3 Å². The van der Waals surface area contributed by atoms with Gasteiger partial charge in [0, 0.05) is 5.56 Å². The summed E-state index contributed by atoms with van der Waals surface area (Å²) >= 11 is 1.50. The number of H-pyrrole nitrogens is 1. The van der Waals surface area contributed by atoms with Crippen LogP contribution in [0.4, 0.5) is 5.95 Å². The number of amides is 1. The van der Waals surface area contributed by atoms with Crippen molar-refractivity contribution in [1.82, 2.24) is 20.2 Å². The van der Waals surface area contributed by atoms with E-state index >= 15 is 0 Å². The van der Waals surface area contributed by atoms with Crippen molar-refractivity contribution < 1.29 is 4.79 Å². The molecule has 0 bridgehead atoms. The molecule has 0 fully saturated rings. The van der Waals surface area contributed by atoms with Crippen molar-refractivity contribution in [3.05, 3.63) is 35.6 Å². The first kappa shape index (κ1) is 9.91. The molecule has 0 atom stereocenters. The second-order valence-corrected chi connectivity index (χ2v) is 4.21. The van der Waals surface area contributed by atoms with Crippen LogP contribution in [0.2, 0.25) is 0 Å². The van der Waals surface area contributed by atoms with E-state index < -0.39 is 0 Å². The van der Waals surface area contributed by atoms with Crippen LogP contribution >= 0.6 is 11.3 Å². The van der Waals surface area contributed by atoms with Gasteiger partial charge in [-0.25, -0.2) is 10.1 Å². The van der Waals surface area contributed by atoms with Crippen LogP contribution in [0.5, 0.6) is 0 Å². The number of aromatic amines is 1. The maximum atomic E-state index is 11.9. The van der Waals surface area contributed by atoms with E-state index in [1.165, 1.54) is 17.7 Å². The average molecular weight is 245 g/mol. The number of benzene rings is 1. The van der Waals surface area contributed by atoms with Gasteiger partial charge in [0.25, 0.3) is 5.91 Å². The molecule has 0 saturated heterocycles. The Bertz CT molecular complexity index is 660. The number of fused-ring (bicyclic) bond motifs is 1. The Morgan fingerprint density at radius 1 is 1.35 bits per heavy atom. The first-order valence-electron chi connectivity index (χ1n) is 4.83. The number of carbonyl (C=O) groups is 1. The molecule has 0 radical (unpaired) electrons. The van der Waals surface area contributed by atoms with E-state index in [-0.39, 0.29) is 5.91 Å². The molecular weight excluding hydrogens is 238 g/mol. The fourth-order valence-electron chi connectivity index (χ4n) is 1.44. The molecule has 1 amide bonds. The molecule has 2 heterocycles. The Morgan fingerprint density at radius 3 is 3.12 bits per heavy atom. The molecule has 17 heavy (non-hydrogen) atoms. The van der Waals surface area contributed by atoms with Crippen LogP contribution in [0.25, 0.3) is 10.2 Å². The SMILES string of the molecule is O=C(Nc1ncn[nH]1)c1ccc2ncsc2c1. The summed E-state index contributed by atoms with van der Waals surface area (Å²) < 4.78 is 0.982. The van der Waals surface area contributed by atoms with Gasteiger partial charge >= 0.3 is 0 Å². The molecule has 0 aliphatic heterocycles. The molecule has 84 valence electrons. The van der Waals surface area contributed by atoms with Crippen LogP contribution in [0, 0.1) is 0 Å². The zero-order chi connectivity index (χ0) is 11.7. The first-order valence-corrected chi connectivity index (χ1v) is 5.71. The minimum atomic E-state index is -0.225. The Morgan fingerprint density at radius 2 is 2.29 bits per heavy atom. The zero-order valence-corrected chi connectivity index (χ0v) is 9.36. The molecule has 7 heteroatoms. The summed E-state index contributed by atoms with van der Waals surface area (Å²) in [6.07, 6.45) is 1.34. The standard InChI is InChI=1S/C10H7N5OS/c16-9(14-10-11-4-13-15-10)6-1-2-7-8(3-6)17-5-12-7/h1-5H,(H2,11,13,14,15,16). The Hall–Kier alpha value is -2.28.